The molecular weight excluding hydrogens is 485 g/mol. The summed E-state index contributed by atoms with van der Waals surface area (Å²) in [7, 11) is 0. The van der Waals surface area contributed by atoms with Gasteiger partial charge < -0.3 is 20.6 Å². The van der Waals surface area contributed by atoms with E-state index in [-0.39, 0.29) is 40.8 Å². The smallest absolute Gasteiger partial charge is 0.247 e. The second-order valence-electron chi connectivity index (χ2n) is 9.25. The Balaban J connectivity index is 1.51. The molecule has 2 heterocycles. The molecule has 36 heavy (non-hydrogen) atoms. The average Bonchev–Trinajstić information content (AvgIpc) is 3.50. The summed E-state index contributed by atoms with van der Waals surface area (Å²) < 4.78 is 14.2. The van der Waals surface area contributed by atoms with Crippen LogP contribution in [0.25, 0.3) is 6.08 Å². The molecule has 0 spiro atoms. The van der Waals surface area contributed by atoms with Gasteiger partial charge in [-0.2, -0.15) is 0 Å². The lowest BCUT2D eigenvalue weighted by Gasteiger charge is -2.26. The van der Waals surface area contributed by atoms with Crippen LogP contribution < -0.4 is 10.6 Å². The molecule has 4 rings (SSSR count). The van der Waals surface area contributed by atoms with E-state index in [1.165, 1.54) is 35.3 Å². The summed E-state index contributed by atoms with van der Waals surface area (Å²) in [6.45, 7) is 0.594. The monoisotopic (exact) mass is 513 g/mol. The lowest BCUT2D eigenvalue weighted by Crippen LogP contribution is -2.50. The van der Waals surface area contributed by atoms with Crippen molar-refractivity contribution in [3.05, 3.63) is 76.6 Å². The third-order valence-electron chi connectivity index (χ3n) is 6.82. The number of likely N-dealkylation sites (tertiary alicyclic amines) is 1. The van der Waals surface area contributed by atoms with Crippen molar-refractivity contribution in [1.29, 1.82) is 0 Å². The number of carbonyl (C=O) groups excluding carboxylic acids is 3. The molecule has 7 nitrogen and oxygen atoms in total. The molecule has 9 heteroatoms. The third kappa shape index (κ3) is 6.12. The number of hydrogen-bond donors (Lipinski definition) is 3. The van der Waals surface area contributed by atoms with Crippen LogP contribution in [0.3, 0.4) is 0 Å². The van der Waals surface area contributed by atoms with E-state index in [2.05, 4.69) is 10.6 Å². The Hall–Kier alpha value is -3.23. The number of amides is 3. The zero-order valence-corrected chi connectivity index (χ0v) is 20.5. The predicted octanol–water partition coefficient (Wildman–Crippen LogP) is 2.88. The maximum atomic E-state index is 14.2. The Bertz CT molecular complexity index is 1140. The molecule has 0 bridgehead atoms. The molecule has 190 valence electrons. The first-order chi connectivity index (χ1) is 17.4. The number of aliphatic hydroxyl groups excluding tert-OH is 1. The molecule has 4 atom stereocenters. The molecule has 3 amide bonds. The molecule has 0 aromatic heterocycles. The van der Waals surface area contributed by atoms with Gasteiger partial charge in [0.2, 0.25) is 17.7 Å². The van der Waals surface area contributed by atoms with E-state index in [4.69, 9.17) is 11.6 Å². The van der Waals surface area contributed by atoms with Crippen molar-refractivity contribution in [2.24, 2.45) is 5.92 Å². The van der Waals surface area contributed by atoms with Crippen molar-refractivity contribution < 1.29 is 23.9 Å². The normalized spacial score (nSPS) is 22.6. The van der Waals surface area contributed by atoms with Crippen LogP contribution in [0.1, 0.15) is 36.3 Å². The maximum absolute atomic E-state index is 14.2. The fraction of sp³-hybridized carbons (Fsp3) is 0.370. The van der Waals surface area contributed by atoms with E-state index < -0.39 is 23.8 Å². The second-order valence-corrected chi connectivity index (χ2v) is 9.69. The van der Waals surface area contributed by atoms with Crippen LogP contribution in [-0.2, 0) is 14.4 Å². The minimum Gasteiger partial charge on any atom is -0.394 e. The van der Waals surface area contributed by atoms with Gasteiger partial charge in [-0.1, -0.05) is 48.0 Å². The molecule has 0 radical (unpaired) electrons. The zero-order valence-electron chi connectivity index (χ0n) is 19.7. The van der Waals surface area contributed by atoms with Gasteiger partial charge in [-0.05, 0) is 43.0 Å². The van der Waals surface area contributed by atoms with Gasteiger partial charge >= 0.3 is 0 Å². The van der Waals surface area contributed by atoms with Gasteiger partial charge in [-0.15, -0.1) is 0 Å². The van der Waals surface area contributed by atoms with Crippen LogP contribution in [0, 0.1) is 11.7 Å². The molecule has 2 aromatic rings. The molecular formula is C27H29ClFN3O4. The van der Waals surface area contributed by atoms with Crippen molar-refractivity contribution in [3.63, 3.8) is 0 Å². The van der Waals surface area contributed by atoms with Gasteiger partial charge in [0, 0.05) is 41.6 Å². The Kier molecular flexibility index (Phi) is 8.38. The van der Waals surface area contributed by atoms with E-state index in [9.17, 15) is 23.9 Å². The quantitative estimate of drug-likeness (QED) is 0.473. The van der Waals surface area contributed by atoms with Gasteiger partial charge in [0.15, 0.2) is 0 Å². The highest BCUT2D eigenvalue weighted by molar-refractivity contribution is 6.30. The summed E-state index contributed by atoms with van der Waals surface area (Å²) in [6, 6.07) is 12.5. The fourth-order valence-electron chi connectivity index (χ4n) is 4.88. The number of nitrogens with zero attached hydrogens (tertiary/aromatic N) is 1. The van der Waals surface area contributed by atoms with Gasteiger partial charge in [-0.25, -0.2) is 4.39 Å². The summed E-state index contributed by atoms with van der Waals surface area (Å²) in [4.78, 5) is 39.9. The molecule has 2 aliphatic heterocycles. The molecule has 0 aliphatic carbocycles. The van der Waals surface area contributed by atoms with Gasteiger partial charge in [0.1, 0.15) is 11.9 Å². The largest absolute Gasteiger partial charge is 0.394 e. The van der Waals surface area contributed by atoms with Crippen LogP contribution in [0.4, 0.5) is 4.39 Å². The van der Waals surface area contributed by atoms with Gasteiger partial charge in [-0.3, -0.25) is 14.4 Å². The van der Waals surface area contributed by atoms with Crippen molar-refractivity contribution >= 4 is 35.4 Å². The van der Waals surface area contributed by atoms with Crippen molar-refractivity contribution in [1.82, 2.24) is 15.5 Å². The van der Waals surface area contributed by atoms with Crippen LogP contribution in [0.2, 0.25) is 5.02 Å². The van der Waals surface area contributed by atoms with Gasteiger partial charge in [0.25, 0.3) is 0 Å². The molecule has 3 N–H and O–H groups in total. The third-order valence-corrected chi connectivity index (χ3v) is 7.06. The highest BCUT2D eigenvalue weighted by Crippen LogP contribution is 2.32. The summed E-state index contributed by atoms with van der Waals surface area (Å²) >= 11 is 5.80. The first-order valence-corrected chi connectivity index (χ1v) is 12.4. The minimum atomic E-state index is -0.770. The lowest BCUT2D eigenvalue weighted by atomic mass is 9.95. The summed E-state index contributed by atoms with van der Waals surface area (Å²) in [5.41, 5.74) is 1.22. The Morgan fingerprint density at radius 1 is 1.25 bits per heavy atom. The summed E-state index contributed by atoms with van der Waals surface area (Å²) in [6.07, 6.45) is 4.02. The minimum absolute atomic E-state index is 0.0558. The number of rotatable bonds is 8. The fourth-order valence-corrected chi connectivity index (χ4v) is 5.04. The highest BCUT2D eigenvalue weighted by atomic mass is 35.5. The van der Waals surface area contributed by atoms with Crippen LogP contribution >= 0.6 is 11.6 Å². The van der Waals surface area contributed by atoms with Crippen molar-refractivity contribution in [3.8, 4) is 0 Å². The Morgan fingerprint density at radius 2 is 2.03 bits per heavy atom. The summed E-state index contributed by atoms with van der Waals surface area (Å²) in [5.74, 6) is -1.75. The van der Waals surface area contributed by atoms with Crippen molar-refractivity contribution in [2.75, 3.05) is 19.7 Å². The van der Waals surface area contributed by atoms with E-state index in [1.807, 2.05) is 30.3 Å². The van der Waals surface area contributed by atoms with Gasteiger partial charge in [0.05, 0.1) is 12.6 Å². The van der Waals surface area contributed by atoms with Crippen LogP contribution in [0.5, 0.6) is 0 Å². The number of hydrogen-bond acceptors (Lipinski definition) is 4. The standard InChI is InChI=1S/C27H29ClFN3O4/c28-21-8-6-18(23(29)14-21)7-9-25(34)32-15-20(17-4-2-1-3-5-17)13-24(32)27(36)31-22(16-33)12-19-10-11-30-26(19)35/h1-9,14,19-20,22,24,33H,10-13,15-16H2,(H,30,35)(H,31,36)/b9-7+/t19-,20+,22-,24-/m0/s1. The first-order valence-electron chi connectivity index (χ1n) is 12.0. The number of benzene rings is 2. The van der Waals surface area contributed by atoms with E-state index in [0.29, 0.717) is 32.4 Å². The van der Waals surface area contributed by atoms with Crippen molar-refractivity contribution in [2.45, 2.75) is 37.3 Å². The Labute approximate surface area is 214 Å². The molecule has 0 unspecified atom stereocenters. The SMILES string of the molecule is O=C1NCC[C@H]1C[C@@H](CO)NC(=O)[C@@H]1C[C@@H](c2ccccc2)CN1C(=O)/C=C/c1ccc(Cl)cc1F. The topological polar surface area (TPSA) is 98.7 Å². The number of halogens is 2. The molecule has 2 fully saturated rings. The zero-order chi connectivity index (χ0) is 25.7. The Morgan fingerprint density at radius 3 is 2.69 bits per heavy atom. The second kappa shape index (κ2) is 11.7. The molecule has 2 saturated heterocycles. The van der Waals surface area contributed by atoms with Crippen LogP contribution in [0.15, 0.2) is 54.6 Å². The first kappa shape index (κ1) is 25.9. The van der Waals surface area contributed by atoms with Crippen LogP contribution in [-0.4, -0.2) is 59.5 Å². The maximum Gasteiger partial charge on any atom is 0.247 e. The highest BCUT2D eigenvalue weighted by Gasteiger charge is 2.40. The molecule has 2 aromatic carbocycles. The van der Waals surface area contributed by atoms with E-state index in [0.717, 1.165) is 5.56 Å². The molecule has 0 saturated carbocycles. The number of nitrogens with one attached hydrogen (secondary N) is 2. The predicted molar refractivity (Wildman–Crippen MR) is 134 cm³/mol. The van der Waals surface area contributed by atoms with E-state index in [1.54, 1.807) is 0 Å². The number of aliphatic hydroxyl groups is 1. The van der Waals surface area contributed by atoms with E-state index >= 15 is 0 Å². The molecule has 2 aliphatic rings. The number of carbonyl (C=O) groups is 3. The lowest BCUT2D eigenvalue weighted by molar-refractivity contribution is -0.135. The average molecular weight is 514 g/mol. The summed E-state index contributed by atoms with van der Waals surface area (Å²) in [5, 5.41) is 15.7.